The summed E-state index contributed by atoms with van der Waals surface area (Å²) in [5.74, 6) is 0. The Morgan fingerprint density at radius 1 is 0.806 bits per heavy atom. The molecule has 0 aliphatic rings. The summed E-state index contributed by atoms with van der Waals surface area (Å²) in [7, 11) is -0.246. The molecule has 1 amide bonds. The monoisotopic (exact) mass is 457 g/mol. The Labute approximate surface area is 195 Å². The SMILES string of the molecule is CCCCCCCCCCCCCC[C@@H](CCCO[Si](C)(C)C(C)(C)C)NC(=O)OC. The van der Waals surface area contributed by atoms with E-state index in [4.69, 9.17) is 9.16 Å². The number of carbonyl (C=O) groups is 1. The third kappa shape index (κ3) is 16.7. The van der Waals surface area contributed by atoms with Crippen molar-refractivity contribution in [3.63, 3.8) is 0 Å². The summed E-state index contributed by atoms with van der Waals surface area (Å²) < 4.78 is 11.1. The maximum absolute atomic E-state index is 11.7. The van der Waals surface area contributed by atoms with Crippen LogP contribution in [-0.4, -0.2) is 34.2 Å². The van der Waals surface area contributed by atoms with Gasteiger partial charge in [0, 0.05) is 12.6 Å². The molecule has 0 bridgehead atoms. The average molecular weight is 458 g/mol. The molecule has 0 rings (SSSR count). The largest absolute Gasteiger partial charge is 0.453 e. The first-order valence-corrected chi connectivity index (χ1v) is 16.0. The molecule has 0 fully saturated rings. The molecular weight excluding hydrogens is 402 g/mol. The molecule has 186 valence electrons. The standard InChI is InChI=1S/C26H55NO3Si/c1-8-9-10-11-12-13-14-15-16-17-18-19-21-24(27-25(28)29-5)22-20-23-30-31(6,7)26(2,3)4/h24H,8-23H2,1-7H3,(H,27,28)/t24-/m0/s1. The molecule has 1 N–H and O–H groups in total. The van der Waals surface area contributed by atoms with Crippen LogP contribution in [0.15, 0.2) is 0 Å². The minimum atomic E-state index is -1.69. The number of hydrogen-bond donors (Lipinski definition) is 1. The van der Waals surface area contributed by atoms with Gasteiger partial charge in [-0.05, 0) is 37.4 Å². The first-order chi connectivity index (χ1) is 14.6. The molecule has 0 spiro atoms. The molecule has 0 aromatic carbocycles. The van der Waals surface area contributed by atoms with Gasteiger partial charge in [-0.15, -0.1) is 0 Å². The summed E-state index contributed by atoms with van der Waals surface area (Å²) in [5.41, 5.74) is 0. The Morgan fingerprint density at radius 3 is 1.71 bits per heavy atom. The van der Waals surface area contributed by atoms with E-state index in [0.717, 1.165) is 25.9 Å². The van der Waals surface area contributed by atoms with E-state index in [1.807, 2.05) is 0 Å². The lowest BCUT2D eigenvalue weighted by Crippen LogP contribution is -2.41. The number of rotatable bonds is 19. The zero-order chi connectivity index (χ0) is 23.6. The topological polar surface area (TPSA) is 47.6 Å². The molecule has 0 saturated heterocycles. The molecule has 0 aromatic heterocycles. The van der Waals surface area contributed by atoms with Gasteiger partial charge >= 0.3 is 6.09 Å². The molecule has 5 heteroatoms. The first kappa shape index (κ1) is 30.4. The van der Waals surface area contributed by atoms with E-state index < -0.39 is 8.32 Å². The Balaban J connectivity index is 3.93. The smallest absolute Gasteiger partial charge is 0.407 e. The number of amides is 1. The fourth-order valence-electron chi connectivity index (χ4n) is 3.62. The van der Waals surface area contributed by atoms with Crippen molar-refractivity contribution in [3.8, 4) is 0 Å². The number of hydrogen-bond acceptors (Lipinski definition) is 3. The molecule has 0 saturated carbocycles. The lowest BCUT2D eigenvalue weighted by atomic mass is 10.0. The van der Waals surface area contributed by atoms with Gasteiger partial charge in [-0.2, -0.15) is 0 Å². The van der Waals surface area contributed by atoms with Crippen LogP contribution in [0.1, 0.15) is 124 Å². The minimum absolute atomic E-state index is 0.193. The summed E-state index contributed by atoms with van der Waals surface area (Å²) in [5, 5.41) is 3.27. The second kappa shape index (κ2) is 17.9. The zero-order valence-corrected chi connectivity index (χ0v) is 23.1. The minimum Gasteiger partial charge on any atom is -0.453 e. The van der Waals surface area contributed by atoms with Crippen LogP contribution in [0.2, 0.25) is 18.1 Å². The van der Waals surface area contributed by atoms with Crippen molar-refractivity contribution in [1.82, 2.24) is 5.32 Å². The number of alkyl carbamates (subject to hydrolysis) is 1. The quantitative estimate of drug-likeness (QED) is 0.156. The first-order valence-electron chi connectivity index (χ1n) is 13.1. The van der Waals surface area contributed by atoms with E-state index in [1.54, 1.807) is 0 Å². The van der Waals surface area contributed by atoms with E-state index in [2.05, 4.69) is 46.1 Å². The fourth-order valence-corrected chi connectivity index (χ4v) is 4.71. The zero-order valence-electron chi connectivity index (χ0n) is 22.1. The van der Waals surface area contributed by atoms with Gasteiger partial charge in [0.2, 0.25) is 0 Å². The predicted octanol–water partition coefficient (Wildman–Crippen LogP) is 8.60. The molecule has 0 radical (unpaired) electrons. The van der Waals surface area contributed by atoms with Gasteiger partial charge in [0.15, 0.2) is 8.32 Å². The van der Waals surface area contributed by atoms with Crippen LogP contribution in [0.3, 0.4) is 0 Å². The summed E-state index contributed by atoms with van der Waals surface area (Å²) >= 11 is 0. The maximum atomic E-state index is 11.7. The van der Waals surface area contributed by atoms with Crippen LogP contribution >= 0.6 is 0 Å². The van der Waals surface area contributed by atoms with Crippen molar-refractivity contribution in [1.29, 1.82) is 0 Å². The van der Waals surface area contributed by atoms with Crippen molar-refractivity contribution in [3.05, 3.63) is 0 Å². The van der Waals surface area contributed by atoms with Gasteiger partial charge in [0.1, 0.15) is 0 Å². The Hall–Kier alpha value is -0.553. The third-order valence-electron chi connectivity index (χ3n) is 6.88. The lowest BCUT2D eigenvalue weighted by Gasteiger charge is -2.36. The highest BCUT2D eigenvalue weighted by Gasteiger charge is 2.36. The van der Waals surface area contributed by atoms with Gasteiger partial charge in [0.25, 0.3) is 0 Å². The van der Waals surface area contributed by atoms with Gasteiger partial charge in [-0.3, -0.25) is 0 Å². The molecule has 0 heterocycles. The van der Waals surface area contributed by atoms with E-state index in [0.29, 0.717) is 0 Å². The molecule has 0 aromatic rings. The Bertz CT molecular complexity index is 435. The summed E-state index contributed by atoms with van der Waals surface area (Å²) in [6, 6.07) is 0.193. The molecule has 0 aliphatic heterocycles. The van der Waals surface area contributed by atoms with E-state index in [1.165, 1.54) is 84.2 Å². The highest BCUT2D eigenvalue weighted by atomic mass is 28.4. The van der Waals surface area contributed by atoms with Gasteiger partial charge in [0.05, 0.1) is 7.11 Å². The van der Waals surface area contributed by atoms with Crippen LogP contribution in [0.25, 0.3) is 0 Å². The lowest BCUT2D eigenvalue weighted by molar-refractivity contribution is 0.163. The van der Waals surface area contributed by atoms with Crippen LogP contribution in [-0.2, 0) is 9.16 Å². The number of ether oxygens (including phenoxy) is 1. The van der Waals surface area contributed by atoms with Crippen molar-refractivity contribution >= 4 is 14.4 Å². The van der Waals surface area contributed by atoms with E-state index in [9.17, 15) is 4.79 Å². The predicted molar refractivity (Wildman–Crippen MR) is 137 cm³/mol. The molecule has 0 unspecified atom stereocenters. The second-order valence-corrected chi connectivity index (χ2v) is 15.6. The van der Waals surface area contributed by atoms with E-state index >= 15 is 0 Å². The average Bonchev–Trinajstić information content (AvgIpc) is 2.70. The van der Waals surface area contributed by atoms with Crippen LogP contribution in [0, 0.1) is 0 Å². The fraction of sp³-hybridized carbons (Fsp3) is 0.962. The maximum Gasteiger partial charge on any atom is 0.407 e. The van der Waals surface area contributed by atoms with Crippen molar-refractivity contribution < 1.29 is 14.0 Å². The van der Waals surface area contributed by atoms with Gasteiger partial charge in [-0.1, -0.05) is 105 Å². The van der Waals surface area contributed by atoms with Crippen LogP contribution in [0.5, 0.6) is 0 Å². The van der Waals surface area contributed by atoms with Crippen LogP contribution < -0.4 is 5.32 Å². The normalized spacial score (nSPS) is 13.3. The second-order valence-electron chi connectivity index (χ2n) is 10.8. The Kier molecular flexibility index (Phi) is 17.6. The molecule has 31 heavy (non-hydrogen) atoms. The third-order valence-corrected chi connectivity index (χ3v) is 11.4. The summed E-state index contributed by atoms with van der Waals surface area (Å²) in [6.45, 7) is 14.5. The molecule has 4 nitrogen and oxygen atoms in total. The van der Waals surface area contributed by atoms with Crippen molar-refractivity contribution in [2.45, 2.75) is 148 Å². The van der Waals surface area contributed by atoms with Crippen LogP contribution in [0.4, 0.5) is 4.79 Å². The van der Waals surface area contributed by atoms with E-state index in [-0.39, 0.29) is 17.2 Å². The summed E-state index contributed by atoms with van der Waals surface area (Å²) in [4.78, 5) is 11.7. The summed E-state index contributed by atoms with van der Waals surface area (Å²) in [6.07, 6.45) is 18.9. The number of unbranched alkanes of at least 4 members (excludes halogenated alkanes) is 11. The molecule has 0 aliphatic carbocycles. The molecular formula is C26H55NO3Si. The highest BCUT2D eigenvalue weighted by molar-refractivity contribution is 6.74. The number of nitrogens with one attached hydrogen (secondary N) is 1. The molecule has 1 atom stereocenters. The number of carbonyl (C=O) groups excluding carboxylic acids is 1. The Morgan fingerprint density at radius 2 is 1.26 bits per heavy atom. The van der Waals surface area contributed by atoms with Gasteiger partial charge < -0.3 is 14.5 Å². The number of methoxy groups -OCH3 is 1. The highest BCUT2D eigenvalue weighted by Crippen LogP contribution is 2.36. The van der Waals surface area contributed by atoms with Gasteiger partial charge in [-0.25, -0.2) is 4.79 Å². The van der Waals surface area contributed by atoms with Crippen molar-refractivity contribution in [2.24, 2.45) is 0 Å². The van der Waals surface area contributed by atoms with Crippen molar-refractivity contribution in [2.75, 3.05) is 13.7 Å².